The van der Waals surface area contributed by atoms with E-state index in [1.54, 1.807) is 17.0 Å². The summed E-state index contributed by atoms with van der Waals surface area (Å²) < 4.78 is 4.99. The second-order valence-corrected chi connectivity index (χ2v) is 6.00. The smallest absolute Gasteiger partial charge is 0.229 e. The van der Waals surface area contributed by atoms with Crippen LogP contribution >= 0.6 is 0 Å². The van der Waals surface area contributed by atoms with Gasteiger partial charge < -0.3 is 15.0 Å². The van der Waals surface area contributed by atoms with E-state index in [-0.39, 0.29) is 24.2 Å². The van der Waals surface area contributed by atoms with Gasteiger partial charge in [0.15, 0.2) is 0 Å². The molecule has 25 heavy (non-hydrogen) atoms. The standard InChI is InChI=1S/C19H21N3O3/c1-3-13-4-7-16(8-5-13)22-12-14(10-18(22)23)19(24)21-15-6-9-17(25-2)20-11-15/h4-9,11,14H,3,10,12H2,1-2H3,(H,21,24)/t14-/m0/s1. The topological polar surface area (TPSA) is 71.5 Å². The van der Waals surface area contributed by atoms with Crippen LogP contribution in [0, 0.1) is 5.92 Å². The third-order valence-electron chi connectivity index (χ3n) is 4.37. The van der Waals surface area contributed by atoms with Crippen LogP contribution in [0.1, 0.15) is 18.9 Å². The van der Waals surface area contributed by atoms with E-state index in [9.17, 15) is 9.59 Å². The van der Waals surface area contributed by atoms with Crippen LogP contribution in [0.3, 0.4) is 0 Å². The van der Waals surface area contributed by atoms with Crippen molar-refractivity contribution in [2.75, 3.05) is 23.9 Å². The number of carbonyl (C=O) groups is 2. The Kier molecular flexibility index (Phi) is 4.97. The predicted molar refractivity (Wildman–Crippen MR) is 95.7 cm³/mol. The minimum atomic E-state index is -0.375. The molecule has 0 radical (unpaired) electrons. The number of nitrogens with one attached hydrogen (secondary N) is 1. The summed E-state index contributed by atoms with van der Waals surface area (Å²) in [6.07, 6.45) is 2.70. The summed E-state index contributed by atoms with van der Waals surface area (Å²) in [6.45, 7) is 2.48. The lowest BCUT2D eigenvalue weighted by molar-refractivity contribution is -0.122. The van der Waals surface area contributed by atoms with E-state index in [1.165, 1.54) is 18.9 Å². The van der Waals surface area contributed by atoms with Crippen LogP contribution in [0.5, 0.6) is 5.88 Å². The number of nitrogens with zero attached hydrogens (tertiary/aromatic N) is 2. The summed E-state index contributed by atoms with van der Waals surface area (Å²) in [5, 5.41) is 2.81. The van der Waals surface area contributed by atoms with Crippen molar-refractivity contribution in [1.29, 1.82) is 0 Å². The fourth-order valence-corrected chi connectivity index (χ4v) is 2.86. The van der Waals surface area contributed by atoms with E-state index in [1.807, 2.05) is 24.3 Å². The molecule has 0 unspecified atom stereocenters. The third kappa shape index (κ3) is 3.79. The van der Waals surface area contributed by atoms with Gasteiger partial charge in [0.1, 0.15) is 0 Å². The maximum Gasteiger partial charge on any atom is 0.229 e. The van der Waals surface area contributed by atoms with E-state index >= 15 is 0 Å². The van der Waals surface area contributed by atoms with Crippen molar-refractivity contribution >= 4 is 23.2 Å². The Balaban J connectivity index is 1.65. The van der Waals surface area contributed by atoms with Crippen LogP contribution in [0.25, 0.3) is 0 Å². The van der Waals surface area contributed by atoms with Gasteiger partial charge >= 0.3 is 0 Å². The Morgan fingerprint density at radius 2 is 2.04 bits per heavy atom. The second kappa shape index (κ2) is 7.34. The number of amides is 2. The number of benzene rings is 1. The molecule has 1 aliphatic heterocycles. The molecule has 1 saturated heterocycles. The lowest BCUT2D eigenvalue weighted by Gasteiger charge is -2.17. The molecular weight excluding hydrogens is 318 g/mol. The molecule has 0 bridgehead atoms. The van der Waals surface area contributed by atoms with Crippen molar-refractivity contribution in [3.63, 3.8) is 0 Å². The summed E-state index contributed by atoms with van der Waals surface area (Å²) in [4.78, 5) is 30.5. The van der Waals surface area contributed by atoms with Crippen molar-refractivity contribution in [1.82, 2.24) is 4.98 Å². The molecule has 1 aromatic carbocycles. The van der Waals surface area contributed by atoms with E-state index < -0.39 is 0 Å². The van der Waals surface area contributed by atoms with Crippen molar-refractivity contribution in [2.24, 2.45) is 5.92 Å². The highest BCUT2D eigenvalue weighted by molar-refractivity contribution is 6.03. The molecule has 0 saturated carbocycles. The Hall–Kier alpha value is -2.89. The molecule has 1 atom stereocenters. The molecule has 1 aliphatic rings. The molecule has 1 aromatic heterocycles. The van der Waals surface area contributed by atoms with Crippen LogP contribution in [-0.2, 0) is 16.0 Å². The van der Waals surface area contributed by atoms with Crippen molar-refractivity contribution in [3.8, 4) is 5.88 Å². The van der Waals surface area contributed by atoms with Gasteiger partial charge in [-0.15, -0.1) is 0 Å². The van der Waals surface area contributed by atoms with Crippen LogP contribution in [0.15, 0.2) is 42.6 Å². The first-order chi connectivity index (χ1) is 12.1. The van der Waals surface area contributed by atoms with Gasteiger partial charge in [0.2, 0.25) is 17.7 Å². The maximum atomic E-state index is 12.4. The lowest BCUT2D eigenvalue weighted by atomic mass is 10.1. The Morgan fingerprint density at radius 1 is 1.28 bits per heavy atom. The predicted octanol–water partition coefficient (Wildman–Crippen LogP) is 2.64. The Morgan fingerprint density at radius 3 is 2.64 bits per heavy atom. The van der Waals surface area contributed by atoms with Gasteiger partial charge in [-0.05, 0) is 30.2 Å². The molecule has 0 aliphatic carbocycles. The molecule has 2 amide bonds. The van der Waals surface area contributed by atoms with E-state index in [2.05, 4.69) is 17.2 Å². The van der Waals surface area contributed by atoms with E-state index in [4.69, 9.17) is 4.74 Å². The fourth-order valence-electron chi connectivity index (χ4n) is 2.86. The van der Waals surface area contributed by atoms with Crippen molar-refractivity contribution in [2.45, 2.75) is 19.8 Å². The maximum absolute atomic E-state index is 12.4. The summed E-state index contributed by atoms with van der Waals surface area (Å²) >= 11 is 0. The van der Waals surface area contributed by atoms with Crippen molar-refractivity contribution < 1.29 is 14.3 Å². The number of hydrogen-bond acceptors (Lipinski definition) is 4. The molecule has 130 valence electrons. The SMILES string of the molecule is CCc1ccc(N2C[C@@H](C(=O)Nc3ccc(OC)nc3)CC2=O)cc1. The number of anilines is 2. The quantitative estimate of drug-likeness (QED) is 0.909. The monoisotopic (exact) mass is 339 g/mol. The molecule has 6 heteroatoms. The summed E-state index contributed by atoms with van der Waals surface area (Å²) in [6, 6.07) is 11.3. The average Bonchev–Trinajstić information content (AvgIpc) is 3.04. The highest BCUT2D eigenvalue weighted by Crippen LogP contribution is 2.26. The number of hydrogen-bond donors (Lipinski definition) is 1. The van der Waals surface area contributed by atoms with Crippen LogP contribution in [0.4, 0.5) is 11.4 Å². The second-order valence-electron chi connectivity index (χ2n) is 6.00. The number of methoxy groups -OCH3 is 1. The van der Waals surface area contributed by atoms with Gasteiger partial charge in [-0.25, -0.2) is 4.98 Å². The number of aryl methyl sites for hydroxylation is 1. The largest absolute Gasteiger partial charge is 0.481 e. The summed E-state index contributed by atoms with van der Waals surface area (Å²) in [5.41, 5.74) is 2.64. The van der Waals surface area contributed by atoms with Gasteiger partial charge in [0.25, 0.3) is 0 Å². The zero-order valence-electron chi connectivity index (χ0n) is 14.4. The number of ether oxygens (including phenoxy) is 1. The molecule has 0 spiro atoms. The third-order valence-corrected chi connectivity index (χ3v) is 4.37. The first-order valence-electron chi connectivity index (χ1n) is 8.31. The zero-order chi connectivity index (χ0) is 17.8. The molecule has 6 nitrogen and oxygen atoms in total. The fraction of sp³-hybridized carbons (Fsp3) is 0.316. The van der Waals surface area contributed by atoms with Crippen molar-refractivity contribution in [3.05, 3.63) is 48.2 Å². The molecule has 2 aromatic rings. The van der Waals surface area contributed by atoms with Crippen LogP contribution in [-0.4, -0.2) is 30.5 Å². The number of aromatic nitrogens is 1. The first kappa shape index (κ1) is 17.0. The van der Waals surface area contributed by atoms with E-state index in [0.29, 0.717) is 18.1 Å². The van der Waals surface area contributed by atoms with Gasteiger partial charge in [-0.1, -0.05) is 19.1 Å². The Labute approximate surface area is 146 Å². The number of carbonyl (C=O) groups excluding carboxylic acids is 2. The lowest BCUT2D eigenvalue weighted by Crippen LogP contribution is -2.28. The number of rotatable bonds is 5. The van der Waals surface area contributed by atoms with E-state index in [0.717, 1.165) is 12.1 Å². The average molecular weight is 339 g/mol. The van der Waals surface area contributed by atoms with Crippen LogP contribution in [0.2, 0.25) is 0 Å². The van der Waals surface area contributed by atoms with Gasteiger partial charge in [-0.3, -0.25) is 9.59 Å². The summed E-state index contributed by atoms with van der Waals surface area (Å²) in [7, 11) is 1.53. The minimum Gasteiger partial charge on any atom is -0.481 e. The molecule has 1 fully saturated rings. The zero-order valence-corrected chi connectivity index (χ0v) is 14.4. The highest BCUT2D eigenvalue weighted by Gasteiger charge is 2.35. The first-order valence-corrected chi connectivity index (χ1v) is 8.31. The van der Waals surface area contributed by atoms with Gasteiger partial charge in [-0.2, -0.15) is 0 Å². The molecule has 2 heterocycles. The number of pyridine rings is 1. The van der Waals surface area contributed by atoms with Gasteiger partial charge in [0.05, 0.1) is 24.9 Å². The normalized spacial score (nSPS) is 16.8. The van der Waals surface area contributed by atoms with Gasteiger partial charge in [0, 0.05) is 24.7 Å². The summed E-state index contributed by atoms with van der Waals surface area (Å²) in [5.74, 6) is -0.0959. The Bertz CT molecular complexity index is 756. The van der Waals surface area contributed by atoms with Crippen LogP contribution < -0.4 is 15.0 Å². The molecule has 1 N–H and O–H groups in total. The highest BCUT2D eigenvalue weighted by atomic mass is 16.5. The minimum absolute atomic E-state index is 0.0303. The molecular formula is C19H21N3O3. The molecule has 3 rings (SSSR count).